The lowest BCUT2D eigenvalue weighted by molar-refractivity contribution is 0.552. The van der Waals surface area contributed by atoms with E-state index in [-0.39, 0.29) is 12.3 Å². The third-order valence-electron chi connectivity index (χ3n) is 4.48. The highest BCUT2D eigenvalue weighted by atomic mass is 32.3. The summed E-state index contributed by atoms with van der Waals surface area (Å²) < 4.78 is 34.4. The smallest absolute Gasteiger partial charge is 0.304 e. The Balaban J connectivity index is 1.77. The van der Waals surface area contributed by atoms with Crippen LogP contribution in [0.4, 0.5) is 9.57 Å². The van der Waals surface area contributed by atoms with Gasteiger partial charge in [-0.2, -0.15) is 8.42 Å². The van der Waals surface area contributed by atoms with Gasteiger partial charge in [-0.1, -0.05) is 42.5 Å². The standard InChI is InChI=1S/C23H23FN4O2S/c24-31(29,30)14-13-28-23-9-8-20(19-6-2-1-3-7-19)15-21(23)22(25)10-12-27-17-18-5-4-11-26-16-18/h1-12,15-16,25,27-28H,13-14,17H2/b12-10-,25-22?. The van der Waals surface area contributed by atoms with E-state index in [1.807, 2.05) is 54.6 Å². The number of hydrogen-bond donors (Lipinski definition) is 3. The molecule has 0 amide bonds. The molecule has 8 heteroatoms. The highest BCUT2D eigenvalue weighted by Crippen LogP contribution is 2.26. The van der Waals surface area contributed by atoms with Gasteiger partial charge in [0.25, 0.3) is 0 Å². The lowest BCUT2D eigenvalue weighted by Crippen LogP contribution is -2.14. The molecule has 3 N–H and O–H groups in total. The number of allylic oxidation sites excluding steroid dienone is 1. The van der Waals surface area contributed by atoms with Gasteiger partial charge in [-0.15, -0.1) is 3.89 Å². The summed E-state index contributed by atoms with van der Waals surface area (Å²) in [4.78, 5) is 4.06. The number of nitrogens with zero attached hydrogens (tertiary/aromatic N) is 1. The van der Waals surface area contributed by atoms with E-state index >= 15 is 0 Å². The molecule has 0 radical (unpaired) electrons. The van der Waals surface area contributed by atoms with E-state index in [0.717, 1.165) is 16.7 Å². The lowest BCUT2D eigenvalue weighted by Gasteiger charge is -2.13. The van der Waals surface area contributed by atoms with Crippen LogP contribution < -0.4 is 10.6 Å². The molecule has 0 unspecified atom stereocenters. The molecule has 31 heavy (non-hydrogen) atoms. The first-order valence-electron chi connectivity index (χ1n) is 9.66. The van der Waals surface area contributed by atoms with Gasteiger partial charge in [-0.3, -0.25) is 4.98 Å². The third-order valence-corrected chi connectivity index (χ3v) is 5.17. The molecule has 0 aliphatic heterocycles. The molecule has 1 aromatic heterocycles. The number of halogens is 1. The number of rotatable bonds is 10. The van der Waals surface area contributed by atoms with Crippen LogP contribution in [0.5, 0.6) is 0 Å². The van der Waals surface area contributed by atoms with Crippen molar-refractivity contribution >= 4 is 21.6 Å². The summed E-state index contributed by atoms with van der Waals surface area (Å²) in [5.41, 5.74) is 4.29. The molecular formula is C23H23FN4O2S. The van der Waals surface area contributed by atoms with Crippen LogP contribution in [0.25, 0.3) is 11.1 Å². The highest BCUT2D eigenvalue weighted by molar-refractivity contribution is 7.86. The SMILES string of the molecule is N=C(/C=C\NCc1cccnc1)c1cc(-c2ccccc2)ccc1NCCS(=O)(=O)F. The molecule has 0 saturated carbocycles. The highest BCUT2D eigenvalue weighted by Gasteiger charge is 2.11. The van der Waals surface area contributed by atoms with Crippen LogP contribution >= 0.6 is 0 Å². The van der Waals surface area contributed by atoms with Crippen molar-refractivity contribution in [2.45, 2.75) is 6.54 Å². The predicted molar refractivity (Wildman–Crippen MR) is 122 cm³/mol. The van der Waals surface area contributed by atoms with Gasteiger partial charge >= 0.3 is 10.2 Å². The molecule has 1 heterocycles. The molecule has 3 rings (SSSR count). The molecule has 6 nitrogen and oxygen atoms in total. The minimum absolute atomic E-state index is 0.0905. The van der Waals surface area contributed by atoms with Crippen molar-refractivity contribution in [1.29, 1.82) is 5.41 Å². The zero-order valence-corrected chi connectivity index (χ0v) is 17.6. The molecule has 0 aliphatic rings. The van der Waals surface area contributed by atoms with Crippen LogP contribution in [0, 0.1) is 5.41 Å². The Bertz CT molecular complexity index is 1150. The van der Waals surface area contributed by atoms with Crippen molar-refractivity contribution in [2.75, 3.05) is 17.6 Å². The van der Waals surface area contributed by atoms with Gasteiger partial charge in [-0.05, 0) is 47.2 Å². The summed E-state index contributed by atoms with van der Waals surface area (Å²) in [5.74, 6) is -0.636. The van der Waals surface area contributed by atoms with Crippen LogP contribution in [0.3, 0.4) is 0 Å². The zero-order valence-electron chi connectivity index (χ0n) is 16.8. The Morgan fingerprint density at radius 1 is 1.06 bits per heavy atom. The van der Waals surface area contributed by atoms with Gasteiger partial charge < -0.3 is 16.0 Å². The van der Waals surface area contributed by atoms with E-state index in [2.05, 4.69) is 15.6 Å². The van der Waals surface area contributed by atoms with E-state index in [1.165, 1.54) is 0 Å². The molecule has 0 aliphatic carbocycles. The number of aromatic nitrogens is 1. The average molecular weight is 439 g/mol. The summed E-state index contributed by atoms with van der Waals surface area (Å²) in [6.07, 6.45) is 6.77. The summed E-state index contributed by atoms with van der Waals surface area (Å²) in [6.45, 7) is 0.480. The molecule has 0 bridgehead atoms. The Hall–Kier alpha value is -3.52. The molecule has 0 atom stereocenters. The fourth-order valence-corrected chi connectivity index (χ4v) is 3.30. The van der Waals surface area contributed by atoms with E-state index < -0.39 is 16.0 Å². The molecule has 0 saturated heterocycles. The summed E-state index contributed by atoms with van der Waals surface area (Å²) in [6, 6.07) is 19.0. The average Bonchev–Trinajstić information content (AvgIpc) is 2.77. The van der Waals surface area contributed by atoms with Crippen molar-refractivity contribution in [3.8, 4) is 11.1 Å². The first-order chi connectivity index (χ1) is 14.9. The largest absolute Gasteiger partial charge is 0.387 e. The Morgan fingerprint density at radius 2 is 1.87 bits per heavy atom. The van der Waals surface area contributed by atoms with Crippen LogP contribution in [0.15, 0.2) is 85.3 Å². The van der Waals surface area contributed by atoms with Crippen LogP contribution in [0.2, 0.25) is 0 Å². The molecule has 160 valence electrons. The number of nitrogens with one attached hydrogen (secondary N) is 3. The molecular weight excluding hydrogens is 415 g/mol. The molecule has 0 fully saturated rings. The first-order valence-corrected chi connectivity index (χ1v) is 11.2. The molecule has 2 aromatic carbocycles. The maximum absolute atomic E-state index is 12.8. The maximum Gasteiger partial charge on any atom is 0.304 e. The first kappa shape index (κ1) is 22.2. The number of benzene rings is 2. The third kappa shape index (κ3) is 7.04. The number of pyridine rings is 1. The van der Waals surface area contributed by atoms with Crippen LogP contribution in [0.1, 0.15) is 11.1 Å². The second-order valence-corrected chi connectivity index (χ2v) is 8.27. The molecule has 3 aromatic rings. The maximum atomic E-state index is 12.8. The summed E-state index contributed by atoms with van der Waals surface area (Å²) in [7, 11) is -4.57. The fraction of sp³-hybridized carbons (Fsp3) is 0.130. The van der Waals surface area contributed by atoms with Crippen molar-refractivity contribution in [3.05, 3.63) is 96.5 Å². The lowest BCUT2D eigenvalue weighted by atomic mass is 9.99. The predicted octanol–water partition coefficient (Wildman–Crippen LogP) is 4.13. The van der Waals surface area contributed by atoms with E-state index in [1.54, 1.807) is 30.7 Å². The normalized spacial score (nSPS) is 11.4. The monoisotopic (exact) mass is 438 g/mol. The quantitative estimate of drug-likeness (QED) is 0.327. The van der Waals surface area contributed by atoms with Crippen molar-refractivity contribution in [2.24, 2.45) is 0 Å². The second-order valence-electron chi connectivity index (χ2n) is 6.79. The minimum atomic E-state index is -4.57. The number of anilines is 1. The van der Waals surface area contributed by atoms with Crippen molar-refractivity contribution in [3.63, 3.8) is 0 Å². The minimum Gasteiger partial charge on any atom is -0.387 e. The summed E-state index contributed by atoms with van der Waals surface area (Å²) in [5, 5.41) is 14.5. The van der Waals surface area contributed by atoms with Gasteiger partial charge in [0.2, 0.25) is 0 Å². The van der Waals surface area contributed by atoms with Crippen molar-refractivity contribution in [1.82, 2.24) is 10.3 Å². The van der Waals surface area contributed by atoms with Crippen LogP contribution in [-0.2, 0) is 16.8 Å². The van der Waals surface area contributed by atoms with E-state index in [9.17, 15) is 12.3 Å². The Morgan fingerprint density at radius 3 is 2.58 bits per heavy atom. The fourth-order valence-electron chi connectivity index (χ4n) is 2.95. The van der Waals surface area contributed by atoms with Gasteiger partial charge in [0.15, 0.2) is 0 Å². The topological polar surface area (TPSA) is 94.9 Å². The Labute approximate surface area is 181 Å². The van der Waals surface area contributed by atoms with Gasteiger partial charge in [0.05, 0.1) is 11.5 Å². The number of hydrogen-bond acceptors (Lipinski definition) is 6. The second kappa shape index (κ2) is 10.5. The van der Waals surface area contributed by atoms with Gasteiger partial charge in [-0.25, -0.2) is 0 Å². The van der Waals surface area contributed by atoms with Crippen LogP contribution in [-0.4, -0.2) is 31.4 Å². The van der Waals surface area contributed by atoms with Gasteiger partial charge in [0.1, 0.15) is 0 Å². The van der Waals surface area contributed by atoms with E-state index in [0.29, 0.717) is 17.8 Å². The van der Waals surface area contributed by atoms with Gasteiger partial charge in [0, 0.05) is 36.7 Å². The zero-order chi connectivity index (χ0) is 22.1. The Kier molecular flexibility index (Phi) is 7.50. The van der Waals surface area contributed by atoms with Crippen molar-refractivity contribution < 1.29 is 12.3 Å². The van der Waals surface area contributed by atoms with E-state index in [4.69, 9.17) is 5.41 Å². The molecule has 0 spiro atoms. The summed E-state index contributed by atoms with van der Waals surface area (Å²) >= 11 is 0.